The summed E-state index contributed by atoms with van der Waals surface area (Å²) < 4.78 is 0.597. The fourth-order valence-corrected chi connectivity index (χ4v) is 1.25. The van der Waals surface area contributed by atoms with Crippen LogP contribution in [0.5, 0.6) is 5.75 Å². The highest BCUT2D eigenvalue weighted by atomic mass is 32.1. The maximum atomic E-state index is 9.52. The van der Waals surface area contributed by atoms with Gasteiger partial charge in [0.25, 0.3) is 0 Å². The van der Waals surface area contributed by atoms with Crippen molar-refractivity contribution in [1.29, 1.82) is 0 Å². The van der Waals surface area contributed by atoms with E-state index in [4.69, 9.17) is 0 Å². The lowest BCUT2D eigenvalue weighted by Crippen LogP contribution is -2.34. The first-order valence-corrected chi connectivity index (χ1v) is 4.20. The average Bonchev–Trinajstić information content (AvgIpc) is 1.92. The van der Waals surface area contributed by atoms with Crippen molar-refractivity contribution in [1.82, 2.24) is 4.48 Å². The second-order valence-corrected chi connectivity index (χ2v) is 4.20. The van der Waals surface area contributed by atoms with E-state index in [1.165, 1.54) is 0 Å². The maximum absolute atomic E-state index is 9.52. The molecule has 0 atom stereocenters. The topological polar surface area (TPSA) is 20.2 Å². The van der Waals surface area contributed by atoms with Gasteiger partial charge in [0.05, 0.1) is 21.1 Å². The lowest BCUT2D eigenvalue weighted by atomic mass is 10.2. The molecule has 0 spiro atoms. The number of thiol groups is 1. The van der Waals surface area contributed by atoms with E-state index in [1.807, 2.05) is 27.2 Å². The Bertz CT molecular complexity index is 291. The fraction of sp³-hybridized carbons (Fsp3) is 0.333. The monoisotopic (exact) mass is 184 g/mol. The number of benzene rings is 1. The zero-order chi connectivity index (χ0) is 9.35. The van der Waals surface area contributed by atoms with Crippen LogP contribution >= 0.6 is 12.6 Å². The van der Waals surface area contributed by atoms with Crippen LogP contribution in [-0.2, 0) is 0 Å². The summed E-state index contributed by atoms with van der Waals surface area (Å²) >= 11 is 4.21. The Morgan fingerprint density at radius 1 is 1.25 bits per heavy atom. The SMILES string of the molecule is C[N+](C)(C)c1cc(S)ccc1O. The maximum Gasteiger partial charge on any atom is 0.177 e. The van der Waals surface area contributed by atoms with Crippen molar-refractivity contribution >= 4 is 18.3 Å². The quantitative estimate of drug-likeness (QED) is 0.504. The predicted octanol–water partition coefficient (Wildman–Crippen LogP) is 1.88. The number of quaternary nitrogens is 1. The average molecular weight is 184 g/mol. The molecule has 2 nitrogen and oxygen atoms in total. The summed E-state index contributed by atoms with van der Waals surface area (Å²) in [6.45, 7) is 0. The molecule has 1 aromatic rings. The standard InChI is InChI=1S/C9H13NOS/c1-10(2,3)8-6-7(12)4-5-9(8)11/h4-6H,1-3H3,(H-,11,12)/p+1. The van der Waals surface area contributed by atoms with Crippen LogP contribution in [0.4, 0.5) is 5.69 Å². The third kappa shape index (κ3) is 1.93. The molecule has 0 radical (unpaired) electrons. The van der Waals surface area contributed by atoms with Gasteiger partial charge in [0.2, 0.25) is 0 Å². The van der Waals surface area contributed by atoms with Crippen molar-refractivity contribution in [3.05, 3.63) is 18.2 Å². The number of hydrogen-bond donors (Lipinski definition) is 2. The summed E-state index contributed by atoms with van der Waals surface area (Å²) in [5.74, 6) is 0.320. The first-order chi connectivity index (χ1) is 5.41. The first kappa shape index (κ1) is 9.42. The van der Waals surface area contributed by atoms with Crippen LogP contribution in [0.25, 0.3) is 0 Å². The molecule has 1 aromatic carbocycles. The minimum atomic E-state index is 0.320. The molecule has 0 saturated heterocycles. The molecule has 0 heterocycles. The molecule has 0 aliphatic carbocycles. The molecule has 66 valence electrons. The third-order valence-electron chi connectivity index (χ3n) is 1.68. The molecule has 0 unspecified atom stereocenters. The smallest absolute Gasteiger partial charge is 0.177 e. The van der Waals surface area contributed by atoms with Crippen molar-refractivity contribution < 1.29 is 5.11 Å². The van der Waals surface area contributed by atoms with E-state index in [0.717, 1.165) is 10.6 Å². The molecule has 1 rings (SSSR count). The van der Waals surface area contributed by atoms with E-state index in [1.54, 1.807) is 12.1 Å². The highest BCUT2D eigenvalue weighted by molar-refractivity contribution is 7.80. The number of rotatable bonds is 1. The molecule has 1 N–H and O–H groups in total. The molecule has 12 heavy (non-hydrogen) atoms. The fourth-order valence-electron chi connectivity index (χ4n) is 1.05. The molecular formula is C9H14NOS+. The number of phenolic OH excluding ortho intramolecular Hbond substituents is 1. The van der Waals surface area contributed by atoms with Crippen LogP contribution in [0, 0.1) is 0 Å². The Morgan fingerprint density at radius 3 is 2.25 bits per heavy atom. The van der Waals surface area contributed by atoms with E-state index in [-0.39, 0.29) is 0 Å². The van der Waals surface area contributed by atoms with Crippen molar-refractivity contribution in [2.45, 2.75) is 4.90 Å². The number of hydrogen-bond acceptors (Lipinski definition) is 2. The van der Waals surface area contributed by atoms with Crippen LogP contribution in [-0.4, -0.2) is 26.2 Å². The Hall–Kier alpha value is -0.670. The number of phenols is 1. The van der Waals surface area contributed by atoms with Gasteiger partial charge in [-0.05, 0) is 12.1 Å². The van der Waals surface area contributed by atoms with Gasteiger partial charge < -0.3 is 5.11 Å². The number of nitrogens with zero attached hydrogens (tertiary/aromatic N) is 1. The van der Waals surface area contributed by atoms with Gasteiger partial charge in [-0.15, -0.1) is 12.6 Å². The lowest BCUT2D eigenvalue weighted by Gasteiger charge is -2.24. The Morgan fingerprint density at radius 2 is 1.83 bits per heavy atom. The van der Waals surface area contributed by atoms with Gasteiger partial charge in [0, 0.05) is 11.0 Å². The molecule has 0 aliphatic heterocycles. The van der Waals surface area contributed by atoms with Crippen molar-refractivity contribution in [2.24, 2.45) is 0 Å². The van der Waals surface area contributed by atoms with Crippen LogP contribution in [0.1, 0.15) is 0 Å². The molecule has 0 aromatic heterocycles. The van der Waals surface area contributed by atoms with Crippen molar-refractivity contribution in [3.63, 3.8) is 0 Å². The van der Waals surface area contributed by atoms with Gasteiger partial charge in [0.15, 0.2) is 11.4 Å². The molecular weight excluding hydrogens is 170 g/mol. The highest BCUT2D eigenvalue weighted by Crippen LogP contribution is 2.30. The van der Waals surface area contributed by atoms with Crippen molar-refractivity contribution in [3.8, 4) is 5.75 Å². The summed E-state index contributed by atoms with van der Waals surface area (Å²) in [6.07, 6.45) is 0. The molecule has 3 heteroatoms. The second kappa shape index (κ2) is 2.99. The third-order valence-corrected chi connectivity index (χ3v) is 1.96. The zero-order valence-corrected chi connectivity index (χ0v) is 8.47. The molecule has 0 saturated carbocycles. The molecule has 0 aliphatic rings. The minimum Gasteiger partial charge on any atom is -0.503 e. The van der Waals surface area contributed by atoms with Crippen molar-refractivity contribution in [2.75, 3.05) is 21.1 Å². The normalized spacial score (nSPS) is 11.7. The predicted molar refractivity (Wildman–Crippen MR) is 54.9 cm³/mol. The Kier molecular flexibility index (Phi) is 2.35. The van der Waals surface area contributed by atoms with E-state index < -0.39 is 0 Å². The number of aromatic hydroxyl groups is 1. The minimum absolute atomic E-state index is 0.320. The molecule has 0 bridgehead atoms. The summed E-state index contributed by atoms with van der Waals surface area (Å²) in [6, 6.07) is 5.32. The van der Waals surface area contributed by atoms with E-state index in [2.05, 4.69) is 12.6 Å². The van der Waals surface area contributed by atoms with E-state index in [0.29, 0.717) is 10.2 Å². The van der Waals surface area contributed by atoms with Gasteiger partial charge in [-0.25, -0.2) is 0 Å². The second-order valence-electron chi connectivity index (χ2n) is 3.69. The molecule has 0 amide bonds. The van der Waals surface area contributed by atoms with Crippen LogP contribution in [0.3, 0.4) is 0 Å². The van der Waals surface area contributed by atoms with Gasteiger partial charge in [-0.2, -0.15) is 0 Å². The first-order valence-electron chi connectivity index (χ1n) is 3.75. The highest BCUT2D eigenvalue weighted by Gasteiger charge is 2.16. The van der Waals surface area contributed by atoms with E-state index >= 15 is 0 Å². The zero-order valence-electron chi connectivity index (χ0n) is 7.57. The van der Waals surface area contributed by atoms with Gasteiger partial charge >= 0.3 is 0 Å². The summed E-state index contributed by atoms with van der Waals surface area (Å²) in [4.78, 5) is 0.871. The largest absolute Gasteiger partial charge is 0.503 e. The van der Waals surface area contributed by atoms with Gasteiger partial charge in [0.1, 0.15) is 0 Å². The Balaban J connectivity index is 3.23. The van der Waals surface area contributed by atoms with Crippen LogP contribution in [0.2, 0.25) is 0 Å². The van der Waals surface area contributed by atoms with Gasteiger partial charge in [-0.1, -0.05) is 0 Å². The summed E-state index contributed by atoms with van der Waals surface area (Å²) in [5.41, 5.74) is 0.877. The molecule has 0 fully saturated rings. The van der Waals surface area contributed by atoms with Crippen LogP contribution < -0.4 is 4.48 Å². The van der Waals surface area contributed by atoms with Crippen LogP contribution in [0.15, 0.2) is 23.1 Å². The van der Waals surface area contributed by atoms with Gasteiger partial charge in [-0.3, -0.25) is 4.48 Å². The van der Waals surface area contributed by atoms with E-state index in [9.17, 15) is 5.11 Å². The lowest BCUT2D eigenvalue weighted by molar-refractivity contribution is 0.425. The summed E-state index contributed by atoms with van der Waals surface area (Å²) in [7, 11) is 6.01. The summed E-state index contributed by atoms with van der Waals surface area (Å²) in [5, 5.41) is 9.52. The Labute approximate surface area is 78.4 Å².